The van der Waals surface area contributed by atoms with E-state index in [-0.39, 0.29) is 22.7 Å². The summed E-state index contributed by atoms with van der Waals surface area (Å²) in [6.45, 7) is -0.196. The highest BCUT2D eigenvalue weighted by molar-refractivity contribution is 9.10. The zero-order valence-corrected chi connectivity index (χ0v) is 11.7. The van der Waals surface area contributed by atoms with Gasteiger partial charge in [0.25, 0.3) is 0 Å². The first-order chi connectivity index (χ1) is 8.80. The second-order valence-corrected chi connectivity index (χ2v) is 5.03. The predicted octanol–water partition coefficient (Wildman–Crippen LogP) is 3.49. The van der Waals surface area contributed by atoms with Gasteiger partial charge in [-0.15, -0.1) is 23.4 Å². The topological polar surface area (TPSA) is 39.9 Å². The average molecular weight is 359 g/mol. The molecule has 0 amide bonds. The lowest BCUT2D eigenvalue weighted by Gasteiger charge is -2.31. The molecule has 0 fully saturated rings. The van der Waals surface area contributed by atoms with Gasteiger partial charge in [0.05, 0.1) is 6.54 Å². The maximum Gasteiger partial charge on any atom is 0.523 e. The molecule has 1 heterocycles. The number of alkyl halides is 3. The van der Waals surface area contributed by atoms with E-state index in [4.69, 9.17) is 11.6 Å². The normalized spacial score (nSPS) is 23.0. The summed E-state index contributed by atoms with van der Waals surface area (Å²) in [5.74, 6) is 0. The summed E-state index contributed by atoms with van der Waals surface area (Å²) < 4.78 is 42.0. The van der Waals surface area contributed by atoms with Crippen LogP contribution in [0.2, 0.25) is 5.15 Å². The Balaban J connectivity index is 2.23. The fraction of sp³-hybridized carbons (Fsp3) is 0.400. The number of hydrogen-bond donors (Lipinski definition) is 0. The van der Waals surface area contributed by atoms with Crippen LogP contribution in [0.4, 0.5) is 13.2 Å². The molecular formula is C10H8BrClF3N3O. The summed E-state index contributed by atoms with van der Waals surface area (Å²) in [7, 11) is 0. The van der Waals surface area contributed by atoms with Crippen molar-refractivity contribution in [2.24, 2.45) is 0 Å². The second kappa shape index (κ2) is 5.26. The zero-order valence-electron chi connectivity index (χ0n) is 9.36. The van der Waals surface area contributed by atoms with Crippen molar-refractivity contribution >= 4 is 27.5 Å². The molecule has 104 valence electrons. The van der Waals surface area contributed by atoms with Crippen LogP contribution in [-0.2, 0) is 11.3 Å². The maximum absolute atomic E-state index is 12.5. The molecule has 0 aromatic carbocycles. The smallest absolute Gasteiger partial charge is 0.279 e. The minimum Gasteiger partial charge on any atom is -0.279 e. The van der Waals surface area contributed by atoms with Crippen LogP contribution in [0.15, 0.2) is 28.9 Å². The lowest BCUT2D eigenvalue weighted by molar-refractivity contribution is -0.360. The van der Waals surface area contributed by atoms with Gasteiger partial charge >= 0.3 is 6.36 Å². The molecule has 1 aliphatic rings. The fourth-order valence-corrected chi connectivity index (χ4v) is 2.11. The molecule has 9 heteroatoms. The van der Waals surface area contributed by atoms with Crippen LogP contribution in [-0.4, -0.2) is 27.0 Å². The molecule has 0 N–H and O–H groups in total. The van der Waals surface area contributed by atoms with Crippen LogP contribution in [0, 0.1) is 0 Å². The molecule has 0 saturated carbocycles. The van der Waals surface area contributed by atoms with Gasteiger partial charge in [0, 0.05) is 6.42 Å². The van der Waals surface area contributed by atoms with E-state index < -0.39 is 12.0 Å². The Bertz CT molecular complexity index is 509. The molecule has 0 saturated heterocycles. The standard InChI is InChI=1S/C10H8BrClF3N3O/c11-7-8(12)17-18(16-7)6-9(19-10(13,14)15)4-2-1-3-5-9/h1-4H,5-6H2. The second-order valence-electron chi connectivity index (χ2n) is 3.92. The molecule has 0 bridgehead atoms. The van der Waals surface area contributed by atoms with Crippen molar-refractivity contribution < 1.29 is 17.9 Å². The third kappa shape index (κ3) is 3.80. The first kappa shape index (κ1) is 14.5. The van der Waals surface area contributed by atoms with Gasteiger partial charge in [-0.3, -0.25) is 4.74 Å². The fourth-order valence-electron chi connectivity index (χ4n) is 1.72. The number of nitrogens with zero attached hydrogens (tertiary/aromatic N) is 3. The maximum atomic E-state index is 12.5. The molecule has 1 atom stereocenters. The van der Waals surface area contributed by atoms with Gasteiger partial charge in [0.1, 0.15) is 5.60 Å². The summed E-state index contributed by atoms with van der Waals surface area (Å²) in [5.41, 5.74) is -1.56. The molecule has 0 aliphatic heterocycles. The quantitative estimate of drug-likeness (QED) is 0.830. The molecule has 2 rings (SSSR count). The highest BCUT2D eigenvalue weighted by Crippen LogP contribution is 2.32. The number of aromatic nitrogens is 3. The summed E-state index contributed by atoms with van der Waals surface area (Å²) in [6, 6.07) is 0. The predicted molar refractivity (Wildman–Crippen MR) is 65.5 cm³/mol. The van der Waals surface area contributed by atoms with E-state index in [1.54, 1.807) is 12.2 Å². The van der Waals surface area contributed by atoms with Crippen LogP contribution < -0.4 is 0 Å². The number of rotatable bonds is 3. The van der Waals surface area contributed by atoms with Gasteiger partial charge in [-0.1, -0.05) is 35.9 Å². The van der Waals surface area contributed by atoms with Gasteiger partial charge < -0.3 is 0 Å². The largest absolute Gasteiger partial charge is 0.523 e. The van der Waals surface area contributed by atoms with E-state index in [9.17, 15) is 13.2 Å². The van der Waals surface area contributed by atoms with Crippen molar-refractivity contribution in [2.75, 3.05) is 0 Å². The molecule has 1 aromatic rings. The first-order valence-corrected chi connectivity index (χ1v) is 6.34. The highest BCUT2D eigenvalue weighted by atomic mass is 79.9. The summed E-state index contributed by atoms with van der Waals surface area (Å²) in [6.07, 6.45) is 1.40. The first-order valence-electron chi connectivity index (χ1n) is 5.17. The van der Waals surface area contributed by atoms with Crippen molar-refractivity contribution in [3.8, 4) is 0 Å². The van der Waals surface area contributed by atoms with E-state index in [1.807, 2.05) is 0 Å². The number of hydrogen-bond acceptors (Lipinski definition) is 3. The monoisotopic (exact) mass is 357 g/mol. The van der Waals surface area contributed by atoms with E-state index >= 15 is 0 Å². The number of ether oxygens (including phenoxy) is 1. The van der Waals surface area contributed by atoms with Gasteiger partial charge in [0.2, 0.25) is 0 Å². The summed E-state index contributed by atoms with van der Waals surface area (Å²) in [4.78, 5) is 1.07. The molecule has 19 heavy (non-hydrogen) atoms. The average Bonchev–Trinajstić information content (AvgIpc) is 2.55. The Morgan fingerprint density at radius 2 is 2.16 bits per heavy atom. The van der Waals surface area contributed by atoms with Crippen molar-refractivity contribution in [3.05, 3.63) is 34.1 Å². The Kier molecular flexibility index (Phi) is 4.03. The SMILES string of the molecule is FC(F)(F)OC1(Cn2nc(Cl)c(Br)n2)C=CC=CC1. The Labute approximate surface area is 120 Å². The van der Waals surface area contributed by atoms with Gasteiger partial charge in [-0.2, -0.15) is 4.80 Å². The van der Waals surface area contributed by atoms with Crippen LogP contribution >= 0.6 is 27.5 Å². The molecule has 0 radical (unpaired) electrons. The summed E-state index contributed by atoms with van der Waals surface area (Å²) in [5, 5.41) is 7.74. The van der Waals surface area contributed by atoms with Gasteiger partial charge in [-0.25, -0.2) is 0 Å². The van der Waals surface area contributed by atoms with Crippen LogP contribution in [0.5, 0.6) is 0 Å². The van der Waals surface area contributed by atoms with Crippen molar-refractivity contribution in [1.82, 2.24) is 15.0 Å². The molecule has 1 aromatic heterocycles. The molecule has 4 nitrogen and oxygen atoms in total. The molecule has 0 spiro atoms. The molecule has 1 unspecified atom stereocenters. The summed E-state index contributed by atoms with van der Waals surface area (Å²) >= 11 is 8.73. The highest BCUT2D eigenvalue weighted by Gasteiger charge is 2.43. The van der Waals surface area contributed by atoms with Gasteiger partial charge in [-0.05, 0) is 15.9 Å². The van der Waals surface area contributed by atoms with Crippen LogP contribution in [0.3, 0.4) is 0 Å². The Morgan fingerprint density at radius 3 is 2.63 bits per heavy atom. The lowest BCUT2D eigenvalue weighted by atomic mass is 9.95. The molecule has 1 aliphatic carbocycles. The Morgan fingerprint density at radius 1 is 1.42 bits per heavy atom. The number of allylic oxidation sites excluding steroid dienone is 2. The minimum absolute atomic E-state index is 0.0692. The van der Waals surface area contributed by atoms with E-state index in [1.165, 1.54) is 12.2 Å². The van der Waals surface area contributed by atoms with Crippen LogP contribution in [0.25, 0.3) is 0 Å². The zero-order chi connectivity index (χ0) is 14.1. The van der Waals surface area contributed by atoms with Gasteiger partial charge in [0.15, 0.2) is 9.76 Å². The minimum atomic E-state index is -4.75. The van der Waals surface area contributed by atoms with Crippen molar-refractivity contribution in [1.29, 1.82) is 0 Å². The van der Waals surface area contributed by atoms with E-state index in [2.05, 4.69) is 30.9 Å². The third-order valence-corrected chi connectivity index (χ3v) is 3.43. The lowest BCUT2D eigenvalue weighted by Crippen LogP contribution is -2.41. The third-order valence-electron chi connectivity index (χ3n) is 2.42. The van der Waals surface area contributed by atoms with Crippen molar-refractivity contribution in [3.63, 3.8) is 0 Å². The molecular weight excluding hydrogens is 350 g/mol. The number of halogens is 5. The Hall–Kier alpha value is -0.860. The van der Waals surface area contributed by atoms with E-state index in [0.717, 1.165) is 4.80 Å². The van der Waals surface area contributed by atoms with Crippen LogP contribution in [0.1, 0.15) is 6.42 Å². The van der Waals surface area contributed by atoms with E-state index in [0.29, 0.717) is 0 Å². The van der Waals surface area contributed by atoms with Crippen molar-refractivity contribution in [2.45, 2.75) is 24.9 Å².